The van der Waals surface area contributed by atoms with Crippen LogP contribution in [0.3, 0.4) is 0 Å². The van der Waals surface area contributed by atoms with Crippen LogP contribution in [0.15, 0.2) is 24.3 Å². The molecule has 1 aromatic rings. The summed E-state index contributed by atoms with van der Waals surface area (Å²) >= 11 is 0. The van der Waals surface area contributed by atoms with Crippen molar-refractivity contribution in [3.8, 4) is 5.75 Å². The standard InChI is InChI=1S/C25H38N4O8/c1-5-14(4)21(29-22(33)17(26)11-15-6-8-16(30)9-7-15)24(35)27-18(10-13(2)3)23(34)28-19(25(36)37)12-20(31)32/h6-9,13-14,17-19,21,30H,5,10-12,26H2,1-4H3,(H,27,35)(H,28,34)(H,29,33)(H,31,32)(H,36,37). The Hall–Kier alpha value is -3.67. The predicted molar refractivity (Wildman–Crippen MR) is 134 cm³/mol. The smallest absolute Gasteiger partial charge is 0.326 e. The van der Waals surface area contributed by atoms with E-state index < -0.39 is 60.2 Å². The minimum atomic E-state index is -1.67. The number of nitrogens with one attached hydrogen (secondary N) is 3. The Labute approximate surface area is 216 Å². The first-order valence-corrected chi connectivity index (χ1v) is 12.1. The van der Waals surface area contributed by atoms with E-state index in [2.05, 4.69) is 16.0 Å². The van der Waals surface area contributed by atoms with Crippen molar-refractivity contribution >= 4 is 29.7 Å². The maximum absolute atomic E-state index is 13.2. The zero-order valence-electron chi connectivity index (χ0n) is 21.6. The zero-order chi connectivity index (χ0) is 28.3. The van der Waals surface area contributed by atoms with Gasteiger partial charge in [0.05, 0.1) is 12.5 Å². The highest BCUT2D eigenvalue weighted by Crippen LogP contribution is 2.13. The highest BCUT2D eigenvalue weighted by molar-refractivity contribution is 5.94. The van der Waals surface area contributed by atoms with Crippen LogP contribution >= 0.6 is 0 Å². The molecule has 0 aliphatic rings. The van der Waals surface area contributed by atoms with Crippen LogP contribution in [0, 0.1) is 11.8 Å². The van der Waals surface area contributed by atoms with Gasteiger partial charge in [-0.2, -0.15) is 0 Å². The summed E-state index contributed by atoms with van der Waals surface area (Å²) in [4.78, 5) is 61.2. The molecule has 3 amide bonds. The molecule has 0 fully saturated rings. The predicted octanol–water partition coefficient (Wildman–Crippen LogP) is 0.368. The number of carbonyl (C=O) groups excluding carboxylic acids is 3. The van der Waals surface area contributed by atoms with Gasteiger partial charge in [-0.3, -0.25) is 19.2 Å². The van der Waals surface area contributed by atoms with Crippen LogP contribution in [0.4, 0.5) is 0 Å². The third-order valence-corrected chi connectivity index (χ3v) is 5.86. The van der Waals surface area contributed by atoms with E-state index >= 15 is 0 Å². The molecule has 0 aliphatic carbocycles. The Morgan fingerprint density at radius 3 is 1.92 bits per heavy atom. The SMILES string of the molecule is CCC(C)C(NC(=O)C(N)Cc1ccc(O)cc1)C(=O)NC(CC(C)C)C(=O)NC(CC(=O)O)C(=O)O. The normalized spacial score (nSPS) is 15.1. The number of carboxylic acid groups (broad SMARTS) is 2. The fourth-order valence-corrected chi connectivity index (χ4v) is 3.55. The lowest BCUT2D eigenvalue weighted by atomic mass is 9.96. The number of amides is 3. The monoisotopic (exact) mass is 522 g/mol. The van der Waals surface area contributed by atoms with Gasteiger partial charge < -0.3 is 37.0 Å². The van der Waals surface area contributed by atoms with Crippen LogP contribution in [-0.2, 0) is 30.4 Å². The van der Waals surface area contributed by atoms with E-state index in [-0.39, 0.29) is 30.4 Å². The third-order valence-electron chi connectivity index (χ3n) is 5.86. The van der Waals surface area contributed by atoms with Crippen molar-refractivity contribution in [2.24, 2.45) is 17.6 Å². The fourth-order valence-electron chi connectivity index (χ4n) is 3.55. The van der Waals surface area contributed by atoms with E-state index in [1.165, 1.54) is 12.1 Å². The second kappa shape index (κ2) is 14.8. The van der Waals surface area contributed by atoms with Gasteiger partial charge in [-0.25, -0.2) is 4.79 Å². The molecule has 37 heavy (non-hydrogen) atoms. The Kier molecular flexibility index (Phi) is 12.5. The molecule has 0 spiro atoms. The Bertz CT molecular complexity index is 951. The fraction of sp³-hybridized carbons (Fsp3) is 0.560. The number of aromatic hydroxyl groups is 1. The molecule has 1 rings (SSSR count). The van der Waals surface area contributed by atoms with Crippen molar-refractivity contribution in [2.75, 3.05) is 0 Å². The van der Waals surface area contributed by atoms with E-state index in [1.54, 1.807) is 32.9 Å². The van der Waals surface area contributed by atoms with E-state index in [1.807, 2.05) is 6.92 Å². The second-order valence-corrected chi connectivity index (χ2v) is 9.54. The van der Waals surface area contributed by atoms with E-state index in [4.69, 9.17) is 10.8 Å². The van der Waals surface area contributed by atoms with Gasteiger partial charge in [0.15, 0.2) is 0 Å². The summed E-state index contributed by atoms with van der Waals surface area (Å²) in [5, 5.41) is 35.0. The minimum absolute atomic E-state index is 0.0748. The molecular weight excluding hydrogens is 484 g/mol. The van der Waals surface area contributed by atoms with Gasteiger partial charge in [0, 0.05) is 0 Å². The first kappa shape index (κ1) is 31.4. The van der Waals surface area contributed by atoms with Crippen molar-refractivity contribution in [1.29, 1.82) is 0 Å². The molecule has 0 radical (unpaired) electrons. The Balaban J connectivity index is 3.00. The summed E-state index contributed by atoms with van der Waals surface area (Å²) in [5.74, 6) is -5.31. The summed E-state index contributed by atoms with van der Waals surface area (Å²) in [6.45, 7) is 7.18. The van der Waals surface area contributed by atoms with E-state index in [0.29, 0.717) is 12.0 Å². The highest BCUT2D eigenvalue weighted by atomic mass is 16.4. The molecule has 0 bridgehead atoms. The van der Waals surface area contributed by atoms with Gasteiger partial charge in [-0.05, 0) is 42.4 Å². The number of rotatable bonds is 15. The van der Waals surface area contributed by atoms with Crippen LogP contribution in [0.25, 0.3) is 0 Å². The Morgan fingerprint density at radius 1 is 0.865 bits per heavy atom. The van der Waals surface area contributed by atoms with Crippen LogP contribution in [-0.4, -0.2) is 69.1 Å². The van der Waals surface area contributed by atoms with Crippen LogP contribution < -0.4 is 21.7 Å². The average molecular weight is 523 g/mol. The molecule has 0 saturated carbocycles. The Morgan fingerprint density at radius 2 is 1.43 bits per heavy atom. The molecule has 5 unspecified atom stereocenters. The first-order valence-electron chi connectivity index (χ1n) is 12.1. The van der Waals surface area contributed by atoms with Crippen molar-refractivity contribution < 1.29 is 39.3 Å². The second-order valence-electron chi connectivity index (χ2n) is 9.54. The van der Waals surface area contributed by atoms with Gasteiger partial charge in [-0.1, -0.05) is 46.2 Å². The molecule has 0 heterocycles. The molecule has 1 aromatic carbocycles. The third kappa shape index (κ3) is 10.9. The van der Waals surface area contributed by atoms with Crippen LogP contribution in [0.1, 0.15) is 52.5 Å². The molecule has 206 valence electrons. The van der Waals surface area contributed by atoms with Gasteiger partial charge in [0.1, 0.15) is 23.9 Å². The van der Waals surface area contributed by atoms with Crippen molar-refractivity contribution in [3.05, 3.63) is 29.8 Å². The van der Waals surface area contributed by atoms with Crippen LogP contribution in [0.5, 0.6) is 5.75 Å². The topological polar surface area (TPSA) is 208 Å². The van der Waals surface area contributed by atoms with Crippen molar-refractivity contribution in [2.45, 2.75) is 77.5 Å². The van der Waals surface area contributed by atoms with Gasteiger partial charge in [0.25, 0.3) is 0 Å². The van der Waals surface area contributed by atoms with Gasteiger partial charge in [-0.15, -0.1) is 0 Å². The summed E-state index contributed by atoms with van der Waals surface area (Å²) < 4.78 is 0. The molecule has 0 aliphatic heterocycles. The summed E-state index contributed by atoms with van der Waals surface area (Å²) in [5.41, 5.74) is 6.76. The molecule has 12 nitrogen and oxygen atoms in total. The van der Waals surface area contributed by atoms with Crippen molar-refractivity contribution in [3.63, 3.8) is 0 Å². The van der Waals surface area contributed by atoms with E-state index in [0.717, 1.165) is 0 Å². The number of aliphatic carboxylic acids is 2. The molecule has 12 heteroatoms. The first-order chi connectivity index (χ1) is 17.2. The number of hydrogen-bond acceptors (Lipinski definition) is 7. The lowest BCUT2D eigenvalue weighted by Gasteiger charge is -2.28. The largest absolute Gasteiger partial charge is 0.508 e. The van der Waals surface area contributed by atoms with Crippen LogP contribution in [0.2, 0.25) is 0 Å². The summed E-state index contributed by atoms with van der Waals surface area (Å²) in [7, 11) is 0. The number of phenolic OH excluding ortho intramolecular Hbond substituents is 1. The molecule has 8 N–H and O–H groups in total. The number of nitrogens with two attached hydrogens (primary N) is 1. The maximum atomic E-state index is 13.2. The van der Waals surface area contributed by atoms with E-state index in [9.17, 15) is 34.2 Å². The van der Waals surface area contributed by atoms with Crippen molar-refractivity contribution in [1.82, 2.24) is 16.0 Å². The minimum Gasteiger partial charge on any atom is -0.508 e. The lowest BCUT2D eigenvalue weighted by molar-refractivity contribution is -0.147. The van der Waals surface area contributed by atoms with Gasteiger partial charge >= 0.3 is 11.9 Å². The molecule has 5 atom stereocenters. The lowest BCUT2D eigenvalue weighted by Crippen LogP contribution is -2.59. The zero-order valence-corrected chi connectivity index (χ0v) is 21.6. The number of phenols is 1. The molecular formula is C25H38N4O8. The molecule has 0 saturated heterocycles. The quantitative estimate of drug-likeness (QED) is 0.169. The summed E-state index contributed by atoms with van der Waals surface area (Å²) in [6.07, 6.45) is 0.0121. The molecule has 0 aromatic heterocycles. The highest BCUT2D eigenvalue weighted by Gasteiger charge is 2.33. The number of benzene rings is 1. The average Bonchev–Trinajstić information content (AvgIpc) is 2.81. The summed E-state index contributed by atoms with van der Waals surface area (Å²) in [6, 6.07) is 1.38. The van der Waals surface area contributed by atoms with Gasteiger partial charge in [0.2, 0.25) is 17.7 Å². The maximum Gasteiger partial charge on any atom is 0.326 e. The number of carboxylic acids is 2. The number of carbonyl (C=O) groups is 5. The number of hydrogen-bond donors (Lipinski definition) is 7.